The minimum Gasteiger partial charge on any atom is -0.418 e. The van der Waals surface area contributed by atoms with Crippen LogP contribution in [0.15, 0.2) is 30.3 Å². The summed E-state index contributed by atoms with van der Waals surface area (Å²) in [6, 6.07) is 8.53. The summed E-state index contributed by atoms with van der Waals surface area (Å²) in [4.78, 5) is 13.2. The van der Waals surface area contributed by atoms with Crippen LogP contribution in [0, 0.1) is 0 Å². The second-order valence-electron chi connectivity index (χ2n) is 1.98. The van der Waals surface area contributed by atoms with E-state index in [0.29, 0.717) is 12.0 Å². The Labute approximate surface area is 69.0 Å². The van der Waals surface area contributed by atoms with Crippen LogP contribution in [0.5, 0.6) is 5.75 Å². The van der Waals surface area contributed by atoms with Gasteiger partial charge in [0.05, 0.1) is 0 Å². The lowest BCUT2D eigenvalue weighted by Crippen LogP contribution is -2.09. The zero-order valence-corrected chi connectivity index (χ0v) is 6.18. The molecule has 4 nitrogen and oxygen atoms in total. The largest absolute Gasteiger partial charge is 0.419 e. The summed E-state index contributed by atoms with van der Waals surface area (Å²) >= 11 is 0. The maximum absolute atomic E-state index is 10.7. The van der Waals surface area contributed by atoms with Crippen molar-refractivity contribution < 1.29 is 14.3 Å². The van der Waals surface area contributed by atoms with Crippen molar-refractivity contribution in [3.63, 3.8) is 0 Å². The molecular formula is C8H6N2O2. The summed E-state index contributed by atoms with van der Waals surface area (Å²) in [6.07, 6.45) is 0.687. The first kappa shape index (κ1) is 8.17. The highest BCUT2D eigenvalue weighted by Gasteiger charge is 2.03. The number of esters is 1. The molecule has 1 aromatic carbocycles. The van der Waals surface area contributed by atoms with Crippen LogP contribution in [0.2, 0.25) is 0 Å². The fourth-order valence-electron chi connectivity index (χ4n) is 0.678. The van der Waals surface area contributed by atoms with Crippen LogP contribution in [0.4, 0.5) is 0 Å². The molecule has 0 aliphatic rings. The van der Waals surface area contributed by atoms with Crippen molar-refractivity contribution >= 4 is 12.2 Å². The molecule has 0 N–H and O–H groups in total. The Morgan fingerprint density at radius 3 is 2.67 bits per heavy atom. The molecule has 0 atom stereocenters. The summed E-state index contributed by atoms with van der Waals surface area (Å²) in [6.45, 7) is 0. The van der Waals surface area contributed by atoms with Crippen LogP contribution >= 0.6 is 0 Å². The second kappa shape index (κ2) is 4.05. The molecule has 0 spiro atoms. The molecule has 0 fully saturated rings. The molecule has 0 amide bonds. The molecule has 1 rings (SSSR count). The highest BCUT2D eigenvalue weighted by Crippen LogP contribution is 2.07. The Bertz CT molecular complexity index is 315. The molecule has 1 aromatic rings. The van der Waals surface area contributed by atoms with Crippen LogP contribution in [0.3, 0.4) is 0 Å². The van der Waals surface area contributed by atoms with Crippen molar-refractivity contribution in [2.45, 2.75) is 0 Å². The minimum atomic E-state index is -0.705. The van der Waals surface area contributed by atoms with Crippen LogP contribution in [0.1, 0.15) is 0 Å². The number of benzene rings is 1. The monoisotopic (exact) mass is 162 g/mol. The van der Waals surface area contributed by atoms with Crippen LogP contribution in [-0.4, -0.2) is 17.0 Å². The minimum absolute atomic E-state index is 0.419. The highest BCUT2D eigenvalue weighted by atomic mass is 16.5. The Balaban J connectivity index is 2.64. The van der Waals surface area contributed by atoms with Crippen molar-refractivity contribution in [1.82, 2.24) is 0 Å². The number of carbonyl (C=O) groups is 1. The zero-order valence-electron chi connectivity index (χ0n) is 6.18. The molecule has 0 unspecified atom stereocenters. The Morgan fingerprint density at radius 2 is 2.08 bits per heavy atom. The average molecular weight is 162 g/mol. The first-order valence-corrected chi connectivity index (χ1v) is 3.27. The molecular weight excluding hydrogens is 156 g/mol. The van der Waals surface area contributed by atoms with Gasteiger partial charge in [0, 0.05) is 0 Å². The Morgan fingerprint density at radius 1 is 1.42 bits per heavy atom. The molecule has 0 saturated heterocycles. The molecule has 0 radical (unpaired) electrons. The number of hydrogen-bond donors (Lipinski definition) is 0. The van der Waals surface area contributed by atoms with Crippen LogP contribution in [-0.2, 0) is 4.79 Å². The van der Waals surface area contributed by atoms with Crippen molar-refractivity contribution in [2.24, 2.45) is 0 Å². The van der Waals surface area contributed by atoms with Gasteiger partial charge in [-0.1, -0.05) is 18.2 Å². The zero-order chi connectivity index (χ0) is 8.81. The van der Waals surface area contributed by atoms with Gasteiger partial charge in [-0.15, -0.1) is 0 Å². The molecule has 0 aromatic heterocycles. The van der Waals surface area contributed by atoms with E-state index in [1.54, 1.807) is 30.3 Å². The Kier molecular flexibility index (Phi) is 2.76. The number of rotatable bonds is 2. The van der Waals surface area contributed by atoms with Gasteiger partial charge in [0.15, 0.2) is 0 Å². The van der Waals surface area contributed by atoms with E-state index < -0.39 is 5.97 Å². The number of ether oxygens (including phenoxy) is 1. The standard InChI is InChI=1S/C8H6N2O2/c9-10-6-8(11)12-7-4-2-1-3-5-7/h1-6H. The topological polar surface area (TPSA) is 62.7 Å². The number of hydrogen-bond acceptors (Lipinski definition) is 2. The van der Waals surface area contributed by atoms with Crippen molar-refractivity contribution in [2.75, 3.05) is 0 Å². The maximum atomic E-state index is 10.7. The smallest absolute Gasteiger partial charge is 0.418 e. The van der Waals surface area contributed by atoms with Gasteiger partial charge < -0.3 is 10.3 Å². The van der Waals surface area contributed by atoms with E-state index in [2.05, 4.69) is 4.79 Å². The summed E-state index contributed by atoms with van der Waals surface area (Å²) < 4.78 is 4.71. The summed E-state index contributed by atoms with van der Waals surface area (Å²) in [5, 5.41) is 0. The predicted molar refractivity (Wildman–Crippen MR) is 41.8 cm³/mol. The summed E-state index contributed by atoms with van der Waals surface area (Å²) in [7, 11) is 0. The summed E-state index contributed by atoms with van der Waals surface area (Å²) in [5.41, 5.74) is 7.98. The SMILES string of the molecule is [N-]=[N+]=CC(=O)Oc1ccccc1. The third-order valence-corrected chi connectivity index (χ3v) is 1.12. The summed E-state index contributed by atoms with van der Waals surface area (Å²) in [5.74, 6) is -0.286. The van der Waals surface area contributed by atoms with Gasteiger partial charge in [0.2, 0.25) is 0 Å². The van der Waals surface area contributed by atoms with E-state index in [-0.39, 0.29) is 0 Å². The molecule has 12 heavy (non-hydrogen) atoms. The fraction of sp³-hybridized carbons (Fsp3) is 0. The molecule has 0 bridgehead atoms. The van der Waals surface area contributed by atoms with Gasteiger partial charge >= 0.3 is 12.2 Å². The highest BCUT2D eigenvalue weighted by molar-refractivity contribution is 6.21. The first-order valence-electron chi connectivity index (χ1n) is 3.27. The van der Waals surface area contributed by atoms with Gasteiger partial charge in [-0.2, -0.15) is 4.79 Å². The normalized spacial score (nSPS) is 8.33. The quantitative estimate of drug-likeness (QED) is 0.213. The number of nitrogens with zero attached hydrogens (tertiary/aromatic N) is 2. The van der Waals surface area contributed by atoms with E-state index in [9.17, 15) is 4.79 Å². The van der Waals surface area contributed by atoms with E-state index in [4.69, 9.17) is 10.3 Å². The molecule has 60 valence electrons. The van der Waals surface area contributed by atoms with Gasteiger partial charge in [-0.05, 0) is 12.1 Å². The molecule has 4 heteroatoms. The van der Waals surface area contributed by atoms with Gasteiger partial charge in [-0.25, -0.2) is 4.79 Å². The third-order valence-electron chi connectivity index (χ3n) is 1.12. The van der Waals surface area contributed by atoms with Gasteiger partial charge in [-0.3, -0.25) is 0 Å². The van der Waals surface area contributed by atoms with Crippen LogP contribution < -0.4 is 4.74 Å². The van der Waals surface area contributed by atoms with E-state index >= 15 is 0 Å². The molecule has 0 aliphatic carbocycles. The lowest BCUT2D eigenvalue weighted by atomic mass is 10.3. The third kappa shape index (κ3) is 2.36. The lowest BCUT2D eigenvalue weighted by Gasteiger charge is -1.95. The number of carbonyl (C=O) groups excluding carboxylic acids is 1. The van der Waals surface area contributed by atoms with E-state index in [1.807, 2.05) is 0 Å². The van der Waals surface area contributed by atoms with Crippen molar-refractivity contribution in [3.8, 4) is 5.75 Å². The van der Waals surface area contributed by atoms with E-state index in [0.717, 1.165) is 0 Å². The molecule has 0 aliphatic heterocycles. The van der Waals surface area contributed by atoms with Gasteiger partial charge in [0.1, 0.15) is 5.75 Å². The Hall–Kier alpha value is -1.93. The fourth-order valence-corrected chi connectivity index (χ4v) is 0.678. The lowest BCUT2D eigenvalue weighted by molar-refractivity contribution is -0.130. The second-order valence-corrected chi connectivity index (χ2v) is 1.98. The first-order chi connectivity index (χ1) is 5.83. The van der Waals surface area contributed by atoms with Crippen molar-refractivity contribution in [3.05, 3.63) is 35.9 Å². The van der Waals surface area contributed by atoms with E-state index in [1.165, 1.54) is 0 Å². The van der Waals surface area contributed by atoms with Crippen molar-refractivity contribution in [1.29, 1.82) is 0 Å². The average Bonchev–Trinajstić information content (AvgIpc) is 2.06. The maximum Gasteiger partial charge on any atom is 0.419 e. The predicted octanol–water partition coefficient (Wildman–Crippen LogP) is 0.893. The van der Waals surface area contributed by atoms with Crippen LogP contribution in [0.25, 0.3) is 5.53 Å². The molecule has 0 saturated carbocycles. The van der Waals surface area contributed by atoms with Gasteiger partial charge in [0.25, 0.3) is 0 Å². The molecule has 0 heterocycles. The number of para-hydroxylation sites is 1.